The lowest BCUT2D eigenvalue weighted by molar-refractivity contribution is 0.435. The van der Waals surface area contributed by atoms with E-state index < -0.39 is 0 Å². The molecule has 0 saturated heterocycles. The SMILES string of the molecule is Cc1ccc(-c2cc(-c3ccc(-n4cccc4)cc3)on2)cc1. The van der Waals surface area contributed by atoms with Gasteiger partial charge in [-0.25, -0.2) is 0 Å². The predicted octanol–water partition coefficient (Wildman–Crippen LogP) is 5.11. The quantitative estimate of drug-likeness (QED) is 0.526. The Labute approximate surface area is 134 Å². The van der Waals surface area contributed by atoms with Crippen LogP contribution in [0.25, 0.3) is 28.3 Å². The van der Waals surface area contributed by atoms with E-state index in [4.69, 9.17) is 4.52 Å². The van der Waals surface area contributed by atoms with Gasteiger partial charge in [-0.05, 0) is 43.3 Å². The number of rotatable bonds is 3. The monoisotopic (exact) mass is 300 g/mol. The fraction of sp³-hybridized carbons (Fsp3) is 0.0500. The molecule has 0 bridgehead atoms. The summed E-state index contributed by atoms with van der Waals surface area (Å²) in [5, 5.41) is 4.18. The molecular weight excluding hydrogens is 284 g/mol. The van der Waals surface area contributed by atoms with Gasteiger partial charge < -0.3 is 9.09 Å². The highest BCUT2D eigenvalue weighted by molar-refractivity contribution is 5.67. The Morgan fingerprint density at radius 1 is 0.826 bits per heavy atom. The van der Waals surface area contributed by atoms with E-state index in [1.807, 2.05) is 30.6 Å². The van der Waals surface area contributed by atoms with Crippen molar-refractivity contribution in [3.8, 4) is 28.3 Å². The van der Waals surface area contributed by atoms with Crippen LogP contribution in [0, 0.1) is 6.92 Å². The van der Waals surface area contributed by atoms with Crippen LogP contribution in [-0.2, 0) is 0 Å². The molecule has 0 aliphatic heterocycles. The van der Waals surface area contributed by atoms with Crippen molar-refractivity contribution in [2.45, 2.75) is 6.92 Å². The van der Waals surface area contributed by atoms with Gasteiger partial charge in [-0.15, -0.1) is 0 Å². The molecule has 0 unspecified atom stereocenters. The molecule has 3 nitrogen and oxygen atoms in total. The van der Waals surface area contributed by atoms with Gasteiger partial charge in [-0.3, -0.25) is 0 Å². The van der Waals surface area contributed by atoms with E-state index in [1.54, 1.807) is 0 Å². The zero-order chi connectivity index (χ0) is 15.6. The van der Waals surface area contributed by atoms with Crippen molar-refractivity contribution >= 4 is 0 Å². The molecule has 0 radical (unpaired) electrons. The van der Waals surface area contributed by atoms with Crippen LogP contribution in [0.4, 0.5) is 0 Å². The lowest BCUT2D eigenvalue weighted by atomic mass is 10.1. The summed E-state index contributed by atoms with van der Waals surface area (Å²) < 4.78 is 7.58. The van der Waals surface area contributed by atoms with E-state index in [0.717, 1.165) is 28.3 Å². The Hall–Kier alpha value is -3.07. The molecule has 0 saturated carbocycles. The minimum atomic E-state index is 0.777. The van der Waals surface area contributed by atoms with Gasteiger partial charge in [0.15, 0.2) is 5.76 Å². The van der Waals surface area contributed by atoms with Crippen molar-refractivity contribution < 1.29 is 4.52 Å². The van der Waals surface area contributed by atoms with E-state index in [1.165, 1.54) is 5.56 Å². The Balaban J connectivity index is 1.62. The molecule has 2 aromatic carbocycles. The number of aryl methyl sites for hydroxylation is 1. The highest BCUT2D eigenvalue weighted by atomic mass is 16.5. The normalized spacial score (nSPS) is 10.8. The molecule has 0 amide bonds. The van der Waals surface area contributed by atoms with Crippen molar-refractivity contribution in [2.75, 3.05) is 0 Å². The van der Waals surface area contributed by atoms with Crippen LogP contribution in [0.1, 0.15) is 5.56 Å². The second-order valence-corrected chi connectivity index (χ2v) is 5.58. The summed E-state index contributed by atoms with van der Waals surface area (Å²) in [7, 11) is 0. The summed E-state index contributed by atoms with van der Waals surface area (Å²) in [5.41, 5.74) is 5.30. The number of benzene rings is 2. The summed E-state index contributed by atoms with van der Waals surface area (Å²) in [6, 6.07) is 22.5. The minimum Gasteiger partial charge on any atom is -0.356 e. The Morgan fingerprint density at radius 3 is 2.17 bits per heavy atom. The lowest BCUT2D eigenvalue weighted by Gasteiger charge is -2.03. The third-order valence-electron chi connectivity index (χ3n) is 3.91. The molecule has 0 fully saturated rings. The van der Waals surface area contributed by atoms with E-state index in [-0.39, 0.29) is 0 Å². The molecule has 0 atom stereocenters. The van der Waals surface area contributed by atoms with E-state index in [9.17, 15) is 0 Å². The van der Waals surface area contributed by atoms with Crippen molar-refractivity contribution in [1.82, 2.24) is 9.72 Å². The zero-order valence-corrected chi connectivity index (χ0v) is 12.8. The summed E-state index contributed by atoms with van der Waals surface area (Å²) in [6.07, 6.45) is 4.05. The van der Waals surface area contributed by atoms with Crippen molar-refractivity contribution in [3.63, 3.8) is 0 Å². The van der Waals surface area contributed by atoms with Crippen molar-refractivity contribution in [3.05, 3.63) is 84.7 Å². The molecule has 0 N–H and O–H groups in total. The third-order valence-corrected chi connectivity index (χ3v) is 3.91. The van der Waals surface area contributed by atoms with Crippen LogP contribution in [0.3, 0.4) is 0 Å². The van der Waals surface area contributed by atoms with Gasteiger partial charge in [0, 0.05) is 35.3 Å². The number of hydrogen-bond acceptors (Lipinski definition) is 2. The second-order valence-electron chi connectivity index (χ2n) is 5.58. The first-order chi connectivity index (χ1) is 11.3. The van der Waals surface area contributed by atoms with Gasteiger partial charge in [-0.1, -0.05) is 35.0 Å². The highest BCUT2D eigenvalue weighted by Gasteiger charge is 2.08. The predicted molar refractivity (Wildman–Crippen MR) is 91.4 cm³/mol. The molecular formula is C20H16N2O. The summed E-state index contributed by atoms with van der Waals surface area (Å²) in [6.45, 7) is 2.07. The third kappa shape index (κ3) is 2.69. The number of nitrogens with zero attached hydrogens (tertiary/aromatic N) is 2. The minimum absolute atomic E-state index is 0.777. The molecule has 23 heavy (non-hydrogen) atoms. The van der Waals surface area contributed by atoms with Crippen molar-refractivity contribution in [1.29, 1.82) is 0 Å². The summed E-state index contributed by atoms with van der Waals surface area (Å²) >= 11 is 0. The van der Waals surface area contributed by atoms with Crippen LogP contribution in [0.5, 0.6) is 0 Å². The fourth-order valence-corrected chi connectivity index (χ4v) is 2.58. The fourth-order valence-electron chi connectivity index (χ4n) is 2.58. The van der Waals surface area contributed by atoms with Gasteiger partial charge in [0.2, 0.25) is 0 Å². The van der Waals surface area contributed by atoms with E-state index in [0.29, 0.717) is 0 Å². The Kier molecular flexibility index (Phi) is 3.31. The molecule has 4 aromatic rings. The lowest BCUT2D eigenvalue weighted by Crippen LogP contribution is -1.88. The van der Waals surface area contributed by atoms with E-state index >= 15 is 0 Å². The maximum absolute atomic E-state index is 5.51. The molecule has 2 aromatic heterocycles. The van der Waals surface area contributed by atoms with Gasteiger partial charge in [-0.2, -0.15) is 0 Å². The average molecular weight is 300 g/mol. The Morgan fingerprint density at radius 2 is 1.48 bits per heavy atom. The topological polar surface area (TPSA) is 31.0 Å². The van der Waals surface area contributed by atoms with Crippen LogP contribution in [-0.4, -0.2) is 9.72 Å². The summed E-state index contributed by atoms with van der Waals surface area (Å²) in [5.74, 6) is 0.777. The average Bonchev–Trinajstić information content (AvgIpc) is 3.28. The molecule has 3 heteroatoms. The van der Waals surface area contributed by atoms with Gasteiger partial charge in [0.05, 0.1) is 0 Å². The van der Waals surface area contributed by atoms with Gasteiger partial charge >= 0.3 is 0 Å². The first-order valence-corrected chi connectivity index (χ1v) is 7.57. The molecule has 112 valence electrons. The zero-order valence-electron chi connectivity index (χ0n) is 12.8. The van der Waals surface area contributed by atoms with Crippen molar-refractivity contribution in [2.24, 2.45) is 0 Å². The highest BCUT2D eigenvalue weighted by Crippen LogP contribution is 2.26. The van der Waals surface area contributed by atoms with E-state index in [2.05, 4.69) is 65.2 Å². The molecule has 2 heterocycles. The first kappa shape index (κ1) is 13.6. The van der Waals surface area contributed by atoms with Crippen LogP contribution in [0.15, 0.2) is 83.6 Å². The number of aromatic nitrogens is 2. The van der Waals surface area contributed by atoms with Crippen LogP contribution < -0.4 is 0 Å². The largest absolute Gasteiger partial charge is 0.356 e. The Bertz CT molecular complexity index is 901. The maximum atomic E-state index is 5.51. The molecule has 0 aliphatic rings. The van der Waals surface area contributed by atoms with Gasteiger partial charge in [0.1, 0.15) is 5.69 Å². The number of hydrogen-bond donors (Lipinski definition) is 0. The van der Waals surface area contributed by atoms with Gasteiger partial charge in [0.25, 0.3) is 0 Å². The standard InChI is InChI=1S/C20H16N2O/c1-15-4-6-16(7-5-15)19-14-20(23-21-19)17-8-10-18(11-9-17)22-12-2-3-13-22/h2-14H,1H3. The second kappa shape index (κ2) is 5.61. The maximum Gasteiger partial charge on any atom is 0.167 e. The molecule has 4 rings (SSSR count). The molecule has 0 aliphatic carbocycles. The smallest absolute Gasteiger partial charge is 0.167 e. The first-order valence-electron chi connectivity index (χ1n) is 7.57. The molecule has 0 spiro atoms. The van der Waals surface area contributed by atoms with Crippen LogP contribution >= 0.6 is 0 Å². The summed E-state index contributed by atoms with van der Waals surface area (Å²) in [4.78, 5) is 0. The van der Waals surface area contributed by atoms with Crippen LogP contribution in [0.2, 0.25) is 0 Å².